The predicted octanol–water partition coefficient (Wildman–Crippen LogP) is 1.16. The molecular formula is C14H21ClN2O3S. The highest BCUT2D eigenvalue weighted by Gasteiger charge is 2.24. The van der Waals surface area contributed by atoms with Gasteiger partial charge in [-0.1, -0.05) is 11.6 Å². The monoisotopic (exact) mass is 332 g/mol. The highest BCUT2D eigenvalue weighted by molar-refractivity contribution is 7.91. The molecule has 7 heteroatoms. The first-order valence-corrected chi connectivity index (χ1v) is 8.99. The van der Waals surface area contributed by atoms with Gasteiger partial charge in [0.2, 0.25) is 0 Å². The maximum atomic E-state index is 12.3. The fourth-order valence-electron chi connectivity index (χ4n) is 2.26. The molecule has 118 valence electrons. The first-order valence-electron chi connectivity index (χ1n) is 6.96. The summed E-state index contributed by atoms with van der Waals surface area (Å²) in [5, 5.41) is 0.530. The number of ether oxygens (including phenoxy) is 1. The Bertz CT molecular complexity index is 560. The Hall–Kier alpha value is -0.660. The van der Waals surface area contributed by atoms with Crippen LogP contribution in [0.3, 0.4) is 0 Å². The van der Waals surface area contributed by atoms with Crippen molar-refractivity contribution in [3.8, 4) is 0 Å². The Morgan fingerprint density at radius 3 is 2.71 bits per heavy atom. The van der Waals surface area contributed by atoms with E-state index in [1.165, 1.54) is 0 Å². The van der Waals surface area contributed by atoms with Gasteiger partial charge in [0, 0.05) is 30.7 Å². The van der Waals surface area contributed by atoms with Crippen LogP contribution in [0.5, 0.6) is 0 Å². The molecule has 1 aliphatic rings. The normalized spacial score (nSPS) is 22.1. The molecule has 0 aromatic heterocycles. The van der Waals surface area contributed by atoms with E-state index in [0.717, 1.165) is 6.54 Å². The third kappa shape index (κ3) is 4.66. The van der Waals surface area contributed by atoms with Crippen molar-refractivity contribution in [2.45, 2.75) is 24.0 Å². The van der Waals surface area contributed by atoms with Gasteiger partial charge < -0.3 is 10.5 Å². The molecule has 0 saturated carbocycles. The van der Waals surface area contributed by atoms with Gasteiger partial charge in [-0.05, 0) is 31.2 Å². The summed E-state index contributed by atoms with van der Waals surface area (Å²) in [4.78, 5) is 2.40. The number of rotatable bonds is 5. The lowest BCUT2D eigenvalue weighted by molar-refractivity contribution is -0.0356. The van der Waals surface area contributed by atoms with Gasteiger partial charge in [-0.2, -0.15) is 0 Å². The van der Waals surface area contributed by atoms with Crippen LogP contribution < -0.4 is 5.73 Å². The van der Waals surface area contributed by atoms with Gasteiger partial charge in [0.1, 0.15) is 0 Å². The molecule has 0 bridgehead atoms. The zero-order valence-electron chi connectivity index (χ0n) is 12.0. The summed E-state index contributed by atoms with van der Waals surface area (Å²) in [6, 6.07) is 6.22. The molecule has 5 nitrogen and oxygen atoms in total. The molecule has 1 heterocycles. The van der Waals surface area contributed by atoms with Crippen molar-refractivity contribution in [2.75, 3.05) is 32.0 Å². The van der Waals surface area contributed by atoms with E-state index in [1.54, 1.807) is 24.3 Å². The summed E-state index contributed by atoms with van der Waals surface area (Å²) in [5.74, 6) is 0.0836. The van der Waals surface area contributed by atoms with Crippen LogP contribution in [0.2, 0.25) is 5.02 Å². The minimum Gasteiger partial charge on any atom is -0.374 e. The van der Waals surface area contributed by atoms with Crippen LogP contribution in [-0.4, -0.2) is 57.5 Å². The number of hydrogen-bond donors (Lipinski definition) is 1. The van der Waals surface area contributed by atoms with Crippen molar-refractivity contribution >= 4 is 21.4 Å². The quantitative estimate of drug-likeness (QED) is 0.876. The molecule has 1 aromatic rings. The molecule has 0 amide bonds. The van der Waals surface area contributed by atoms with Crippen LogP contribution in [0.4, 0.5) is 0 Å². The largest absolute Gasteiger partial charge is 0.374 e. The number of nitrogens with two attached hydrogens (primary N) is 1. The van der Waals surface area contributed by atoms with E-state index in [9.17, 15) is 8.42 Å². The average Bonchev–Trinajstić information content (AvgIpc) is 2.46. The second-order valence-corrected chi connectivity index (χ2v) is 7.89. The van der Waals surface area contributed by atoms with Gasteiger partial charge >= 0.3 is 0 Å². The number of sulfone groups is 1. The molecule has 1 aromatic carbocycles. The van der Waals surface area contributed by atoms with Gasteiger partial charge in [0.25, 0.3) is 0 Å². The molecule has 2 rings (SSSR count). The summed E-state index contributed by atoms with van der Waals surface area (Å²) in [5.41, 5.74) is 5.83. The van der Waals surface area contributed by atoms with Gasteiger partial charge in [-0.25, -0.2) is 8.42 Å². The molecule has 0 radical (unpaired) electrons. The van der Waals surface area contributed by atoms with Crippen LogP contribution in [-0.2, 0) is 14.6 Å². The zero-order valence-corrected chi connectivity index (χ0v) is 13.6. The van der Waals surface area contributed by atoms with Crippen LogP contribution in [0.25, 0.3) is 0 Å². The third-order valence-electron chi connectivity index (χ3n) is 3.61. The van der Waals surface area contributed by atoms with Crippen molar-refractivity contribution in [1.29, 1.82) is 0 Å². The van der Waals surface area contributed by atoms with Gasteiger partial charge in [0.15, 0.2) is 9.84 Å². The molecule has 21 heavy (non-hydrogen) atoms. The van der Waals surface area contributed by atoms with E-state index >= 15 is 0 Å². The zero-order chi connectivity index (χ0) is 15.5. The van der Waals surface area contributed by atoms with E-state index in [4.69, 9.17) is 22.1 Å². The Morgan fingerprint density at radius 1 is 1.43 bits per heavy atom. The standard InChI is InChI=1S/C14H21ClN2O3S/c1-11(16)14-10-17(6-8-20-14)7-9-21(18,19)13-4-2-12(15)3-5-13/h2-5,11,14H,6-10,16H2,1H3. The smallest absolute Gasteiger partial charge is 0.179 e. The fourth-order valence-corrected chi connectivity index (χ4v) is 3.67. The Kier molecular flexibility index (Phi) is 5.62. The first kappa shape index (κ1) is 16.7. The molecular weight excluding hydrogens is 312 g/mol. The summed E-state index contributed by atoms with van der Waals surface area (Å²) < 4.78 is 30.1. The second kappa shape index (κ2) is 7.07. The lowest BCUT2D eigenvalue weighted by atomic mass is 10.1. The van der Waals surface area contributed by atoms with Gasteiger partial charge in [0.05, 0.1) is 23.4 Å². The van der Waals surface area contributed by atoms with E-state index in [1.807, 2.05) is 6.92 Å². The minimum absolute atomic E-state index is 0.0306. The molecule has 0 aliphatic carbocycles. The summed E-state index contributed by atoms with van der Waals surface area (Å²) >= 11 is 5.78. The van der Waals surface area contributed by atoms with Crippen molar-refractivity contribution in [1.82, 2.24) is 4.90 Å². The second-order valence-electron chi connectivity index (χ2n) is 5.34. The molecule has 0 spiro atoms. The van der Waals surface area contributed by atoms with Crippen molar-refractivity contribution in [3.05, 3.63) is 29.3 Å². The first-order chi connectivity index (χ1) is 9.88. The van der Waals surface area contributed by atoms with E-state index in [0.29, 0.717) is 29.6 Å². The number of benzene rings is 1. The number of halogens is 1. The Balaban J connectivity index is 1.94. The summed E-state index contributed by atoms with van der Waals surface area (Å²) in [7, 11) is -3.29. The molecule has 1 fully saturated rings. The maximum absolute atomic E-state index is 12.3. The van der Waals surface area contributed by atoms with Crippen molar-refractivity contribution < 1.29 is 13.2 Å². The van der Waals surface area contributed by atoms with E-state index in [2.05, 4.69) is 4.90 Å². The van der Waals surface area contributed by atoms with E-state index in [-0.39, 0.29) is 17.9 Å². The molecule has 2 atom stereocenters. The van der Waals surface area contributed by atoms with Gasteiger partial charge in [-0.3, -0.25) is 4.90 Å². The Labute approximate surface area is 130 Å². The Morgan fingerprint density at radius 2 is 2.10 bits per heavy atom. The highest BCUT2D eigenvalue weighted by Crippen LogP contribution is 2.16. The topological polar surface area (TPSA) is 72.6 Å². The third-order valence-corrected chi connectivity index (χ3v) is 5.58. The van der Waals surface area contributed by atoms with Crippen LogP contribution in [0.1, 0.15) is 6.92 Å². The molecule has 2 N–H and O–H groups in total. The maximum Gasteiger partial charge on any atom is 0.179 e. The summed E-state index contributed by atoms with van der Waals surface area (Å²) in [6.07, 6.45) is -0.0306. The summed E-state index contributed by atoms with van der Waals surface area (Å²) in [6.45, 7) is 4.39. The predicted molar refractivity (Wildman–Crippen MR) is 83.3 cm³/mol. The SMILES string of the molecule is CC(N)C1CN(CCS(=O)(=O)c2ccc(Cl)cc2)CCO1. The molecule has 2 unspecified atom stereocenters. The highest BCUT2D eigenvalue weighted by atomic mass is 35.5. The lowest BCUT2D eigenvalue weighted by Crippen LogP contribution is -2.50. The van der Waals surface area contributed by atoms with Crippen LogP contribution >= 0.6 is 11.6 Å². The van der Waals surface area contributed by atoms with E-state index < -0.39 is 9.84 Å². The van der Waals surface area contributed by atoms with Crippen molar-refractivity contribution in [3.63, 3.8) is 0 Å². The molecule has 1 saturated heterocycles. The lowest BCUT2D eigenvalue weighted by Gasteiger charge is -2.34. The minimum atomic E-state index is -3.29. The fraction of sp³-hybridized carbons (Fsp3) is 0.571. The average molecular weight is 333 g/mol. The number of morpholine rings is 1. The van der Waals surface area contributed by atoms with Crippen LogP contribution in [0.15, 0.2) is 29.2 Å². The van der Waals surface area contributed by atoms with Crippen LogP contribution in [0, 0.1) is 0 Å². The van der Waals surface area contributed by atoms with Gasteiger partial charge in [-0.15, -0.1) is 0 Å². The molecule has 1 aliphatic heterocycles. The van der Waals surface area contributed by atoms with Crippen molar-refractivity contribution in [2.24, 2.45) is 5.73 Å². The number of hydrogen-bond acceptors (Lipinski definition) is 5. The number of nitrogens with zero attached hydrogens (tertiary/aromatic N) is 1.